The predicted molar refractivity (Wildman–Crippen MR) is 84.8 cm³/mol. The van der Waals surface area contributed by atoms with E-state index in [4.69, 9.17) is 5.73 Å². The number of nitrogens with zero attached hydrogens (tertiary/aromatic N) is 1. The predicted octanol–water partition coefficient (Wildman–Crippen LogP) is 2.60. The summed E-state index contributed by atoms with van der Waals surface area (Å²) in [5.41, 5.74) is 7.43. The lowest BCUT2D eigenvalue weighted by molar-refractivity contribution is -0.133. The van der Waals surface area contributed by atoms with Gasteiger partial charge in [-0.1, -0.05) is 30.3 Å². The van der Waals surface area contributed by atoms with Gasteiger partial charge in [0.25, 0.3) is 0 Å². The Morgan fingerprint density at radius 2 is 1.67 bits per heavy atom. The third-order valence-electron chi connectivity index (χ3n) is 4.57. The van der Waals surface area contributed by atoms with Crippen LogP contribution in [-0.4, -0.2) is 29.9 Å². The summed E-state index contributed by atoms with van der Waals surface area (Å²) in [6.07, 6.45) is 6.77. The van der Waals surface area contributed by atoms with Crippen molar-refractivity contribution in [1.82, 2.24) is 4.90 Å². The highest BCUT2D eigenvalue weighted by atomic mass is 16.2. The molecule has 2 aliphatic carbocycles. The molecule has 0 aliphatic heterocycles. The Bertz CT molecular complexity index is 451. The summed E-state index contributed by atoms with van der Waals surface area (Å²) >= 11 is 0. The second-order valence-electron chi connectivity index (χ2n) is 6.76. The van der Waals surface area contributed by atoms with E-state index in [1.807, 2.05) is 18.2 Å². The van der Waals surface area contributed by atoms with Gasteiger partial charge in [0.15, 0.2) is 0 Å². The summed E-state index contributed by atoms with van der Waals surface area (Å²) in [6.45, 7) is 1.88. The molecule has 3 heteroatoms. The number of rotatable bonds is 8. The molecular weight excluding hydrogens is 260 g/mol. The maximum Gasteiger partial charge on any atom is 0.239 e. The van der Waals surface area contributed by atoms with Gasteiger partial charge in [-0.25, -0.2) is 0 Å². The summed E-state index contributed by atoms with van der Waals surface area (Å²) in [6, 6.07) is 9.95. The Kier molecular flexibility index (Phi) is 4.59. The smallest absolute Gasteiger partial charge is 0.239 e. The minimum Gasteiger partial charge on any atom is -0.341 e. The van der Waals surface area contributed by atoms with Crippen molar-refractivity contribution in [2.45, 2.75) is 44.6 Å². The van der Waals surface area contributed by atoms with Crippen LogP contribution in [0.3, 0.4) is 0 Å². The van der Waals surface area contributed by atoms with Crippen molar-refractivity contribution >= 4 is 5.91 Å². The van der Waals surface area contributed by atoms with Gasteiger partial charge in [0.2, 0.25) is 5.91 Å². The first-order chi connectivity index (χ1) is 10.2. The topological polar surface area (TPSA) is 46.3 Å². The molecule has 0 spiro atoms. The van der Waals surface area contributed by atoms with Crippen LogP contribution in [0.5, 0.6) is 0 Å². The molecule has 3 rings (SSSR count). The van der Waals surface area contributed by atoms with Gasteiger partial charge in [0.05, 0.1) is 6.04 Å². The lowest BCUT2D eigenvalue weighted by atomic mass is 10.0. The molecule has 2 aliphatic rings. The molecule has 1 unspecified atom stereocenters. The first kappa shape index (κ1) is 14.6. The van der Waals surface area contributed by atoms with Crippen LogP contribution in [0.2, 0.25) is 0 Å². The van der Waals surface area contributed by atoms with E-state index in [9.17, 15) is 4.79 Å². The summed E-state index contributed by atoms with van der Waals surface area (Å²) in [4.78, 5) is 14.7. The zero-order chi connectivity index (χ0) is 14.7. The zero-order valence-electron chi connectivity index (χ0n) is 12.7. The number of amides is 1. The van der Waals surface area contributed by atoms with Gasteiger partial charge >= 0.3 is 0 Å². The summed E-state index contributed by atoms with van der Waals surface area (Å²) in [7, 11) is 0. The van der Waals surface area contributed by atoms with Gasteiger partial charge in [-0.2, -0.15) is 0 Å². The van der Waals surface area contributed by atoms with Crippen molar-refractivity contribution in [3.8, 4) is 0 Å². The first-order valence-electron chi connectivity index (χ1n) is 8.30. The molecule has 1 amide bonds. The van der Waals surface area contributed by atoms with Crippen molar-refractivity contribution in [2.24, 2.45) is 17.6 Å². The fourth-order valence-corrected chi connectivity index (χ4v) is 2.80. The summed E-state index contributed by atoms with van der Waals surface area (Å²) in [5, 5.41) is 0. The Morgan fingerprint density at radius 3 is 2.19 bits per heavy atom. The molecule has 1 atom stereocenters. The maximum atomic E-state index is 12.6. The fraction of sp³-hybridized carbons (Fsp3) is 0.611. The lowest BCUT2D eigenvalue weighted by Crippen LogP contribution is -2.45. The van der Waals surface area contributed by atoms with Crippen molar-refractivity contribution in [1.29, 1.82) is 0 Å². The van der Waals surface area contributed by atoms with Gasteiger partial charge in [0.1, 0.15) is 0 Å². The number of benzene rings is 1. The van der Waals surface area contributed by atoms with E-state index in [0.29, 0.717) is 0 Å². The summed E-state index contributed by atoms with van der Waals surface area (Å²) in [5.74, 6) is 1.66. The third kappa shape index (κ3) is 4.57. The standard InChI is InChI=1S/C18H26N2O/c19-17(11-10-14-4-2-1-3-5-14)18(21)20(12-15-6-7-15)13-16-8-9-16/h1-5,15-17H,6-13,19H2. The second-order valence-corrected chi connectivity index (χ2v) is 6.76. The normalized spacial score (nSPS) is 19.3. The molecule has 21 heavy (non-hydrogen) atoms. The van der Waals surface area contributed by atoms with Crippen LogP contribution < -0.4 is 5.73 Å². The zero-order valence-corrected chi connectivity index (χ0v) is 12.7. The third-order valence-corrected chi connectivity index (χ3v) is 4.57. The van der Waals surface area contributed by atoms with Crippen molar-refractivity contribution in [3.63, 3.8) is 0 Å². The molecule has 3 nitrogen and oxygen atoms in total. The highest BCUT2D eigenvalue weighted by Crippen LogP contribution is 2.34. The van der Waals surface area contributed by atoms with Crippen LogP contribution >= 0.6 is 0 Å². The average Bonchev–Trinajstić information content (AvgIpc) is 3.40. The largest absolute Gasteiger partial charge is 0.341 e. The molecule has 2 fully saturated rings. The van der Waals surface area contributed by atoms with Crippen LogP contribution in [-0.2, 0) is 11.2 Å². The molecule has 0 radical (unpaired) electrons. The van der Waals surface area contributed by atoms with E-state index in [1.54, 1.807) is 0 Å². The van der Waals surface area contributed by atoms with Gasteiger partial charge in [-0.05, 0) is 55.9 Å². The van der Waals surface area contributed by atoms with Crippen molar-refractivity contribution in [3.05, 3.63) is 35.9 Å². The van der Waals surface area contributed by atoms with Crippen molar-refractivity contribution < 1.29 is 4.79 Å². The number of nitrogens with two attached hydrogens (primary N) is 1. The lowest BCUT2D eigenvalue weighted by Gasteiger charge is -2.26. The molecule has 2 saturated carbocycles. The highest BCUT2D eigenvalue weighted by molar-refractivity contribution is 5.81. The van der Waals surface area contributed by atoms with E-state index in [0.717, 1.165) is 37.8 Å². The SMILES string of the molecule is NC(CCc1ccccc1)C(=O)N(CC1CC1)CC1CC1. The monoisotopic (exact) mass is 286 g/mol. The molecule has 0 heterocycles. The van der Waals surface area contributed by atoms with Gasteiger partial charge < -0.3 is 10.6 Å². The van der Waals surface area contributed by atoms with Gasteiger partial charge in [-0.3, -0.25) is 4.79 Å². The van der Waals surface area contributed by atoms with E-state index in [2.05, 4.69) is 17.0 Å². The quantitative estimate of drug-likeness (QED) is 0.798. The first-order valence-corrected chi connectivity index (χ1v) is 8.30. The molecular formula is C18H26N2O. The molecule has 0 aromatic heterocycles. The molecule has 1 aromatic carbocycles. The molecule has 0 bridgehead atoms. The van der Waals surface area contributed by atoms with Crippen LogP contribution in [0.4, 0.5) is 0 Å². The molecule has 1 aromatic rings. The minimum absolute atomic E-state index is 0.171. The second kappa shape index (κ2) is 6.61. The Morgan fingerprint density at radius 1 is 1.10 bits per heavy atom. The number of hydrogen-bond acceptors (Lipinski definition) is 2. The van der Waals surface area contributed by atoms with E-state index < -0.39 is 0 Å². The van der Waals surface area contributed by atoms with Gasteiger partial charge in [0, 0.05) is 13.1 Å². The highest BCUT2D eigenvalue weighted by Gasteiger charge is 2.33. The van der Waals surface area contributed by atoms with Crippen molar-refractivity contribution in [2.75, 3.05) is 13.1 Å². The number of aryl methyl sites for hydroxylation is 1. The van der Waals surface area contributed by atoms with E-state index >= 15 is 0 Å². The number of hydrogen-bond donors (Lipinski definition) is 1. The Balaban J connectivity index is 1.50. The van der Waals surface area contributed by atoms with Crippen LogP contribution in [0, 0.1) is 11.8 Å². The summed E-state index contributed by atoms with van der Waals surface area (Å²) < 4.78 is 0. The van der Waals surface area contributed by atoms with Crippen LogP contribution in [0.25, 0.3) is 0 Å². The average molecular weight is 286 g/mol. The minimum atomic E-state index is -0.345. The molecule has 114 valence electrons. The van der Waals surface area contributed by atoms with Crippen LogP contribution in [0.15, 0.2) is 30.3 Å². The number of carbonyl (C=O) groups excluding carboxylic acids is 1. The van der Waals surface area contributed by atoms with E-state index in [-0.39, 0.29) is 11.9 Å². The van der Waals surface area contributed by atoms with E-state index in [1.165, 1.54) is 31.2 Å². The molecule has 2 N–H and O–H groups in total. The Hall–Kier alpha value is -1.35. The molecule has 0 saturated heterocycles. The number of carbonyl (C=O) groups is 1. The maximum absolute atomic E-state index is 12.6. The van der Waals surface area contributed by atoms with Gasteiger partial charge in [-0.15, -0.1) is 0 Å². The van der Waals surface area contributed by atoms with Crippen LogP contribution in [0.1, 0.15) is 37.7 Å². The Labute approximate surface area is 127 Å². The fourth-order valence-electron chi connectivity index (χ4n) is 2.80.